The predicted octanol–water partition coefficient (Wildman–Crippen LogP) is -0.285. The van der Waals surface area contributed by atoms with Gasteiger partial charge in [0.25, 0.3) is 0 Å². The number of aromatic nitrogens is 11. The van der Waals surface area contributed by atoms with E-state index in [4.69, 9.17) is 4.98 Å². The van der Waals surface area contributed by atoms with E-state index < -0.39 is 0 Å². The largest absolute Gasteiger partial charge is 0.312 e. The molecular weight excluding hydrogens is 360 g/mol. The van der Waals surface area contributed by atoms with E-state index in [1.165, 1.54) is 6.33 Å². The van der Waals surface area contributed by atoms with E-state index in [2.05, 4.69) is 40.8 Å². The van der Waals surface area contributed by atoms with Crippen molar-refractivity contribution < 1.29 is 0 Å². The first kappa shape index (κ1) is 15.3. The standard InChI is InChI=1S/C16H14N12/c1-10(6-26(21-1)12-2-17-3-12)13-4-19-15-16(23-13)28(25-24-15)8-11-7-27-14(5-18-11)20-9-22-27/h1,4-7,9,12,17H,2-3,8H2. The van der Waals surface area contributed by atoms with E-state index in [0.717, 1.165) is 30.0 Å². The lowest BCUT2D eigenvalue weighted by Crippen LogP contribution is -2.43. The molecular formula is C16H14N12. The fraction of sp³-hybridized carbons (Fsp3) is 0.250. The summed E-state index contributed by atoms with van der Waals surface area (Å²) in [6, 6.07) is 0.399. The second-order valence-electron chi connectivity index (χ2n) is 6.61. The summed E-state index contributed by atoms with van der Waals surface area (Å²) >= 11 is 0. The van der Waals surface area contributed by atoms with Crippen LogP contribution in [0.5, 0.6) is 0 Å². The summed E-state index contributed by atoms with van der Waals surface area (Å²) in [5, 5.41) is 20.1. The van der Waals surface area contributed by atoms with Gasteiger partial charge >= 0.3 is 0 Å². The highest BCUT2D eigenvalue weighted by molar-refractivity contribution is 5.69. The number of hydrogen-bond acceptors (Lipinski definition) is 9. The molecule has 0 aromatic carbocycles. The molecule has 1 aliphatic heterocycles. The molecule has 1 aliphatic rings. The van der Waals surface area contributed by atoms with Crippen LogP contribution in [0.2, 0.25) is 0 Å². The molecule has 0 radical (unpaired) electrons. The van der Waals surface area contributed by atoms with Gasteiger partial charge in [-0.3, -0.25) is 9.67 Å². The van der Waals surface area contributed by atoms with Crippen molar-refractivity contribution in [3.05, 3.63) is 43.0 Å². The Labute approximate surface area is 157 Å². The Morgan fingerprint density at radius 2 is 2.00 bits per heavy atom. The van der Waals surface area contributed by atoms with Crippen molar-refractivity contribution in [3.8, 4) is 11.3 Å². The Morgan fingerprint density at radius 1 is 1.04 bits per heavy atom. The van der Waals surface area contributed by atoms with Gasteiger partial charge in [0.15, 0.2) is 11.3 Å². The minimum atomic E-state index is 0.399. The van der Waals surface area contributed by atoms with Crippen LogP contribution >= 0.6 is 0 Å². The monoisotopic (exact) mass is 374 g/mol. The van der Waals surface area contributed by atoms with Crippen molar-refractivity contribution in [2.75, 3.05) is 13.1 Å². The van der Waals surface area contributed by atoms with E-state index in [9.17, 15) is 0 Å². The summed E-state index contributed by atoms with van der Waals surface area (Å²) in [5.41, 5.74) is 4.18. The fourth-order valence-corrected chi connectivity index (χ4v) is 3.13. The Balaban J connectivity index is 1.35. The van der Waals surface area contributed by atoms with E-state index in [1.54, 1.807) is 21.6 Å². The van der Waals surface area contributed by atoms with Crippen molar-refractivity contribution in [3.63, 3.8) is 0 Å². The number of rotatable bonds is 4. The molecule has 6 rings (SSSR count). The van der Waals surface area contributed by atoms with Crippen LogP contribution < -0.4 is 5.32 Å². The van der Waals surface area contributed by atoms with Gasteiger partial charge in [-0.25, -0.2) is 24.1 Å². The molecule has 6 heterocycles. The number of hydrogen-bond donors (Lipinski definition) is 1. The van der Waals surface area contributed by atoms with Gasteiger partial charge in [0.2, 0.25) is 5.65 Å². The van der Waals surface area contributed by atoms with Crippen LogP contribution in [0.25, 0.3) is 28.2 Å². The zero-order valence-corrected chi connectivity index (χ0v) is 14.6. The van der Waals surface area contributed by atoms with E-state index in [-0.39, 0.29) is 0 Å². The van der Waals surface area contributed by atoms with Crippen LogP contribution in [0.1, 0.15) is 11.7 Å². The van der Waals surface area contributed by atoms with Crippen molar-refractivity contribution in [2.45, 2.75) is 12.6 Å². The smallest absolute Gasteiger partial charge is 0.221 e. The summed E-state index contributed by atoms with van der Waals surface area (Å²) in [6.07, 6.45) is 10.5. The second-order valence-corrected chi connectivity index (χ2v) is 6.61. The van der Waals surface area contributed by atoms with Gasteiger partial charge in [0, 0.05) is 24.8 Å². The minimum Gasteiger partial charge on any atom is -0.312 e. The summed E-state index contributed by atoms with van der Waals surface area (Å²) in [7, 11) is 0. The topological polar surface area (TPSA) is 129 Å². The lowest BCUT2D eigenvalue weighted by atomic mass is 10.2. The molecule has 138 valence electrons. The molecule has 5 aromatic rings. The second kappa shape index (κ2) is 5.85. The maximum Gasteiger partial charge on any atom is 0.221 e. The van der Waals surface area contributed by atoms with Gasteiger partial charge in [0.1, 0.15) is 6.33 Å². The van der Waals surface area contributed by atoms with Crippen molar-refractivity contribution in [1.29, 1.82) is 0 Å². The SMILES string of the molecule is c1nc2cnc(Cn3nnc4ncc(-c5cnn(C6CNC6)c5)nc43)cn2n1. The first-order valence-corrected chi connectivity index (χ1v) is 8.79. The van der Waals surface area contributed by atoms with Crippen molar-refractivity contribution in [1.82, 2.24) is 59.6 Å². The van der Waals surface area contributed by atoms with Crippen LogP contribution in [-0.2, 0) is 6.54 Å². The Hall–Kier alpha value is -3.80. The molecule has 28 heavy (non-hydrogen) atoms. The first-order valence-electron chi connectivity index (χ1n) is 8.79. The lowest BCUT2D eigenvalue weighted by molar-refractivity contribution is 0.318. The van der Waals surface area contributed by atoms with Crippen LogP contribution in [0.4, 0.5) is 0 Å². The third-order valence-electron chi connectivity index (χ3n) is 4.79. The van der Waals surface area contributed by atoms with Crippen molar-refractivity contribution >= 4 is 16.9 Å². The molecule has 0 saturated carbocycles. The van der Waals surface area contributed by atoms with Gasteiger partial charge in [0.05, 0.1) is 48.8 Å². The number of nitrogens with one attached hydrogen (secondary N) is 1. The quantitative estimate of drug-likeness (QED) is 0.451. The maximum atomic E-state index is 4.71. The summed E-state index contributed by atoms with van der Waals surface area (Å²) in [5.74, 6) is 0. The predicted molar refractivity (Wildman–Crippen MR) is 96.1 cm³/mol. The summed E-state index contributed by atoms with van der Waals surface area (Å²) < 4.78 is 5.31. The summed E-state index contributed by atoms with van der Waals surface area (Å²) in [6.45, 7) is 2.27. The molecule has 12 nitrogen and oxygen atoms in total. The van der Waals surface area contributed by atoms with Gasteiger partial charge in [-0.15, -0.1) is 5.10 Å². The zero-order chi connectivity index (χ0) is 18.5. The van der Waals surface area contributed by atoms with E-state index >= 15 is 0 Å². The molecule has 0 atom stereocenters. The van der Waals surface area contributed by atoms with Gasteiger partial charge in [-0.05, 0) is 0 Å². The molecule has 1 N–H and O–H groups in total. The highest BCUT2D eigenvalue weighted by Gasteiger charge is 2.20. The third kappa shape index (κ3) is 2.42. The molecule has 0 unspecified atom stereocenters. The minimum absolute atomic E-state index is 0.399. The first-order chi connectivity index (χ1) is 13.8. The van der Waals surface area contributed by atoms with Crippen LogP contribution in [0.15, 0.2) is 37.3 Å². The molecule has 0 amide bonds. The Bertz CT molecular complexity index is 1290. The van der Waals surface area contributed by atoms with Crippen molar-refractivity contribution in [2.24, 2.45) is 0 Å². The highest BCUT2D eigenvalue weighted by atomic mass is 15.5. The molecule has 1 fully saturated rings. The molecule has 0 spiro atoms. The van der Waals surface area contributed by atoms with Gasteiger partial charge in [-0.1, -0.05) is 5.21 Å². The van der Waals surface area contributed by atoms with Crippen LogP contribution in [0, 0.1) is 0 Å². The van der Waals surface area contributed by atoms with E-state index in [0.29, 0.717) is 29.5 Å². The maximum absolute atomic E-state index is 4.71. The average molecular weight is 374 g/mol. The molecule has 0 aliphatic carbocycles. The average Bonchev–Trinajstić information content (AvgIpc) is 3.40. The molecule has 1 saturated heterocycles. The van der Waals surface area contributed by atoms with Gasteiger partial charge in [-0.2, -0.15) is 10.2 Å². The molecule has 0 bridgehead atoms. The number of nitrogens with zero attached hydrogens (tertiary/aromatic N) is 11. The molecule has 12 heteroatoms. The Kier molecular flexibility index (Phi) is 3.19. The highest BCUT2D eigenvalue weighted by Crippen LogP contribution is 2.20. The van der Waals surface area contributed by atoms with E-state index in [1.807, 2.05) is 23.3 Å². The van der Waals surface area contributed by atoms with Gasteiger partial charge < -0.3 is 5.32 Å². The van der Waals surface area contributed by atoms with Crippen LogP contribution in [0.3, 0.4) is 0 Å². The zero-order valence-electron chi connectivity index (χ0n) is 14.6. The fourth-order valence-electron chi connectivity index (χ4n) is 3.13. The molecule has 5 aromatic heterocycles. The normalized spacial score (nSPS) is 14.7. The summed E-state index contributed by atoms with van der Waals surface area (Å²) in [4.78, 5) is 17.6. The lowest BCUT2D eigenvalue weighted by Gasteiger charge is -2.27. The Morgan fingerprint density at radius 3 is 2.89 bits per heavy atom. The third-order valence-corrected chi connectivity index (χ3v) is 4.79. The number of fused-ring (bicyclic) bond motifs is 2. The van der Waals surface area contributed by atoms with Crippen LogP contribution in [-0.4, -0.2) is 67.4 Å².